The molecule has 24 heavy (non-hydrogen) atoms. The van der Waals surface area contributed by atoms with Crippen molar-refractivity contribution in [2.24, 2.45) is 0 Å². The maximum Gasteiger partial charge on any atom is 0.208 e. The quantitative estimate of drug-likeness (QED) is 0.546. The number of thiophene rings is 1. The van der Waals surface area contributed by atoms with Gasteiger partial charge in [0.05, 0.1) is 11.1 Å². The van der Waals surface area contributed by atoms with Crippen molar-refractivity contribution in [3.05, 3.63) is 22.1 Å². The molecule has 0 spiro atoms. The van der Waals surface area contributed by atoms with Crippen LogP contribution in [0.25, 0.3) is 10.2 Å². The largest absolute Gasteiger partial charge is 0.383 e. The number of aromatic amines is 1. The van der Waals surface area contributed by atoms with Gasteiger partial charge < -0.3 is 5.73 Å². The standard InChI is InChI=1S/C16H20N6S2/c1-2-11-20-16(22-21-11)23-8-12-18-14(17)13-9-6-4-3-5-7-10(9)24-15(13)19-12/h2-8H2,1H3,(H2,17,18,19)(H,20,21,22). The number of aryl methyl sites for hydroxylation is 3. The predicted octanol–water partition coefficient (Wildman–Crippen LogP) is 3.52. The number of anilines is 1. The molecule has 0 aliphatic heterocycles. The summed E-state index contributed by atoms with van der Waals surface area (Å²) in [6, 6.07) is 0. The first-order valence-electron chi connectivity index (χ1n) is 8.35. The number of aromatic nitrogens is 5. The monoisotopic (exact) mass is 360 g/mol. The average molecular weight is 361 g/mol. The van der Waals surface area contributed by atoms with Crippen LogP contribution in [-0.4, -0.2) is 25.1 Å². The average Bonchev–Trinajstić information content (AvgIpc) is 3.11. The second-order valence-corrected chi connectivity index (χ2v) is 8.00. The lowest BCUT2D eigenvalue weighted by Crippen LogP contribution is -2.00. The normalized spacial score (nSPS) is 14.7. The van der Waals surface area contributed by atoms with Crippen LogP contribution >= 0.6 is 23.1 Å². The zero-order valence-corrected chi connectivity index (χ0v) is 15.3. The molecule has 0 unspecified atom stereocenters. The molecule has 0 bridgehead atoms. The molecule has 0 radical (unpaired) electrons. The number of nitrogens with one attached hydrogen (secondary N) is 1. The van der Waals surface area contributed by atoms with Gasteiger partial charge in [-0.3, -0.25) is 5.10 Å². The molecule has 0 fully saturated rings. The van der Waals surface area contributed by atoms with Crippen LogP contribution in [0.2, 0.25) is 0 Å². The fourth-order valence-corrected chi connectivity index (χ4v) is 5.06. The molecule has 8 heteroatoms. The topological polar surface area (TPSA) is 93.4 Å². The van der Waals surface area contributed by atoms with Gasteiger partial charge in [0, 0.05) is 11.3 Å². The second kappa shape index (κ2) is 6.68. The van der Waals surface area contributed by atoms with Crippen molar-refractivity contribution in [1.82, 2.24) is 25.1 Å². The summed E-state index contributed by atoms with van der Waals surface area (Å²) in [5.74, 6) is 2.91. The molecule has 3 heterocycles. The highest BCUT2D eigenvalue weighted by Gasteiger charge is 2.19. The van der Waals surface area contributed by atoms with Crippen LogP contribution in [0.1, 0.15) is 48.3 Å². The summed E-state index contributed by atoms with van der Waals surface area (Å²) in [6.45, 7) is 2.05. The van der Waals surface area contributed by atoms with Gasteiger partial charge in [0.2, 0.25) is 5.16 Å². The number of H-pyrrole nitrogens is 1. The third-order valence-electron chi connectivity index (χ3n) is 4.32. The first-order valence-corrected chi connectivity index (χ1v) is 10.2. The Morgan fingerprint density at radius 3 is 2.88 bits per heavy atom. The highest BCUT2D eigenvalue weighted by Crippen LogP contribution is 2.37. The molecule has 1 aliphatic rings. The van der Waals surface area contributed by atoms with Crippen molar-refractivity contribution < 1.29 is 0 Å². The first-order chi connectivity index (χ1) is 11.7. The number of fused-ring (bicyclic) bond motifs is 3. The smallest absolute Gasteiger partial charge is 0.208 e. The second-order valence-electron chi connectivity index (χ2n) is 5.98. The van der Waals surface area contributed by atoms with Gasteiger partial charge in [0.15, 0.2) is 0 Å². The molecular weight excluding hydrogens is 340 g/mol. The van der Waals surface area contributed by atoms with Crippen molar-refractivity contribution in [2.75, 3.05) is 5.73 Å². The van der Waals surface area contributed by atoms with Gasteiger partial charge in [-0.25, -0.2) is 15.0 Å². The summed E-state index contributed by atoms with van der Waals surface area (Å²) in [7, 11) is 0. The van der Waals surface area contributed by atoms with Gasteiger partial charge in [-0.2, -0.15) is 0 Å². The highest BCUT2D eigenvalue weighted by atomic mass is 32.2. The zero-order chi connectivity index (χ0) is 16.5. The van der Waals surface area contributed by atoms with Gasteiger partial charge in [-0.15, -0.1) is 16.4 Å². The zero-order valence-electron chi connectivity index (χ0n) is 13.6. The van der Waals surface area contributed by atoms with E-state index in [-0.39, 0.29) is 0 Å². The van der Waals surface area contributed by atoms with Crippen LogP contribution in [-0.2, 0) is 25.0 Å². The number of nitrogens with two attached hydrogens (primary N) is 1. The molecule has 3 aromatic rings. The van der Waals surface area contributed by atoms with Crippen molar-refractivity contribution in [3.63, 3.8) is 0 Å². The van der Waals surface area contributed by atoms with Gasteiger partial charge in [-0.1, -0.05) is 25.1 Å². The lowest BCUT2D eigenvalue weighted by molar-refractivity contribution is 0.713. The summed E-state index contributed by atoms with van der Waals surface area (Å²) in [5, 5.41) is 8.95. The van der Waals surface area contributed by atoms with E-state index >= 15 is 0 Å². The molecule has 0 saturated heterocycles. The molecular formula is C16H20N6S2. The summed E-state index contributed by atoms with van der Waals surface area (Å²) >= 11 is 3.33. The Hall–Kier alpha value is -1.67. The molecule has 4 rings (SSSR count). The Morgan fingerprint density at radius 2 is 2.04 bits per heavy atom. The SMILES string of the molecule is CCc1nc(SCc2nc(N)c3c4c(sc3n2)CCCCC4)n[nH]1. The maximum absolute atomic E-state index is 6.28. The fraction of sp³-hybridized carbons (Fsp3) is 0.500. The molecule has 3 N–H and O–H groups in total. The Kier molecular flexibility index (Phi) is 4.41. The minimum absolute atomic E-state index is 0.624. The molecule has 3 aromatic heterocycles. The van der Waals surface area contributed by atoms with Gasteiger partial charge in [-0.05, 0) is 31.2 Å². The Balaban J connectivity index is 1.60. The minimum atomic E-state index is 0.624. The molecule has 6 nitrogen and oxygen atoms in total. The summed E-state index contributed by atoms with van der Waals surface area (Å²) < 4.78 is 0. The molecule has 0 saturated carbocycles. The van der Waals surface area contributed by atoms with Gasteiger partial charge >= 0.3 is 0 Å². The first kappa shape index (κ1) is 15.8. The number of hydrogen-bond donors (Lipinski definition) is 2. The fourth-order valence-electron chi connectivity index (χ4n) is 3.10. The van der Waals surface area contributed by atoms with E-state index in [0.717, 1.165) is 46.3 Å². The minimum Gasteiger partial charge on any atom is -0.383 e. The molecule has 1 aliphatic carbocycles. The van der Waals surface area contributed by atoms with Crippen LogP contribution in [0.4, 0.5) is 5.82 Å². The number of thioether (sulfide) groups is 1. The summed E-state index contributed by atoms with van der Waals surface area (Å²) in [5.41, 5.74) is 7.67. The third kappa shape index (κ3) is 3.00. The van der Waals surface area contributed by atoms with E-state index in [2.05, 4.69) is 20.2 Å². The lowest BCUT2D eigenvalue weighted by Gasteiger charge is -2.03. The van der Waals surface area contributed by atoms with Crippen molar-refractivity contribution >= 4 is 39.1 Å². The van der Waals surface area contributed by atoms with E-state index in [1.54, 1.807) is 11.3 Å². The van der Waals surface area contributed by atoms with Crippen molar-refractivity contribution in [3.8, 4) is 0 Å². The third-order valence-corrected chi connectivity index (χ3v) is 6.34. The van der Waals surface area contributed by atoms with Crippen LogP contribution < -0.4 is 5.73 Å². The number of nitrogens with zero attached hydrogens (tertiary/aromatic N) is 4. The Bertz CT molecular complexity index is 869. The summed E-state index contributed by atoms with van der Waals surface area (Å²) in [4.78, 5) is 16.2. The predicted molar refractivity (Wildman–Crippen MR) is 98.4 cm³/mol. The maximum atomic E-state index is 6.28. The van der Waals surface area contributed by atoms with Gasteiger partial charge in [0.25, 0.3) is 0 Å². The van der Waals surface area contributed by atoms with E-state index in [1.807, 2.05) is 6.92 Å². The van der Waals surface area contributed by atoms with Crippen LogP contribution in [0.15, 0.2) is 5.16 Å². The highest BCUT2D eigenvalue weighted by molar-refractivity contribution is 7.98. The lowest BCUT2D eigenvalue weighted by atomic mass is 10.1. The molecule has 0 amide bonds. The Morgan fingerprint density at radius 1 is 1.17 bits per heavy atom. The van der Waals surface area contributed by atoms with E-state index in [4.69, 9.17) is 10.7 Å². The number of rotatable bonds is 4. The van der Waals surface area contributed by atoms with Crippen molar-refractivity contribution in [1.29, 1.82) is 0 Å². The van der Waals surface area contributed by atoms with E-state index in [1.165, 1.54) is 41.5 Å². The van der Waals surface area contributed by atoms with Crippen LogP contribution in [0, 0.1) is 0 Å². The summed E-state index contributed by atoms with van der Waals surface area (Å²) in [6.07, 6.45) is 6.91. The van der Waals surface area contributed by atoms with Crippen molar-refractivity contribution in [2.45, 2.75) is 56.4 Å². The molecule has 0 atom stereocenters. The number of hydrogen-bond acceptors (Lipinski definition) is 7. The van der Waals surface area contributed by atoms with Crippen LogP contribution in [0.5, 0.6) is 0 Å². The number of nitrogen functional groups attached to an aromatic ring is 1. The van der Waals surface area contributed by atoms with E-state index < -0.39 is 0 Å². The van der Waals surface area contributed by atoms with Crippen LogP contribution in [0.3, 0.4) is 0 Å². The molecule has 0 aromatic carbocycles. The van der Waals surface area contributed by atoms with E-state index in [9.17, 15) is 0 Å². The van der Waals surface area contributed by atoms with E-state index in [0.29, 0.717) is 11.6 Å². The molecule has 126 valence electrons. The van der Waals surface area contributed by atoms with Gasteiger partial charge in [0.1, 0.15) is 22.3 Å². The Labute approximate surface area is 148 Å².